The molecule has 0 aromatic carbocycles. The van der Waals surface area contributed by atoms with Crippen molar-refractivity contribution in [2.75, 3.05) is 31.6 Å². The van der Waals surface area contributed by atoms with Crippen LogP contribution in [-0.2, 0) is 4.79 Å². The Morgan fingerprint density at radius 3 is 2.92 bits per heavy atom. The molecule has 1 unspecified atom stereocenters. The largest absolute Gasteiger partial charge is 0.338 e. The van der Waals surface area contributed by atoms with Crippen molar-refractivity contribution in [1.82, 2.24) is 10.2 Å². The highest BCUT2D eigenvalue weighted by molar-refractivity contribution is 7.99. The minimum absolute atomic E-state index is 0.281. The average Bonchev–Trinajstić information content (AvgIpc) is 2.59. The van der Waals surface area contributed by atoms with E-state index in [1.807, 2.05) is 11.2 Å². The average molecular weight is 202 g/mol. The Morgan fingerprint density at radius 1 is 1.69 bits per heavy atom. The van der Waals surface area contributed by atoms with E-state index in [2.05, 4.69) is 12.2 Å². The van der Waals surface area contributed by atoms with Crippen molar-refractivity contribution in [3.8, 4) is 0 Å². The molecule has 1 aliphatic rings. The van der Waals surface area contributed by atoms with Crippen LogP contribution in [0.4, 0.5) is 0 Å². The Labute approximate surface area is 84.2 Å². The minimum Gasteiger partial charge on any atom is -0.338 e. The third-order valence-corrected chi connectivity index (χ3v) is 2.94. The van der Waals surface area contributed by atoms with Crippen LogP contribution in [0.25, 0.3) is 0 Å². The van der Waals surface area contributed by atoms with E-state index in [4.69, 9.17) is 0 Å². The molecule has 0 spiro atoms. The van der Waals surface area contributed by atoms with Gasteiger partial charge in [-0.05, 0) is 26.1 Å². The van der Waals surface area contributed by atoms with Crippen LogP contribution in [0.3, 0.4) is 0 Å². The number of rotatable bonds is 4. The summed E-state index contributed by atoms with van der Waals surface area (Å²) in [6.45, 7) is 4.91. The molecule has 1 N–H and O–H groups in total. The monoisotopic (exact) mass is 202 g/mol. The Morgan fingerprint density at radius 2 is 2.46 bits per heavy atom. The van der Waals surface area contributed by atoms with Gasteiger partial charge in [0, 0.05) is 19.1 Å². The van der Waals surface area contributed by atoms with Gasteiger partial charge in [0.1, 0.15) is 0 Å². The molecule has 0 aliphatic carbocycles. The summed E-state index contributed by atoms with van der Waals surface area (Å²) in [5, 5.41) is 3.28. The number of amides is 1. The van der Waals surface area contributed by atoms with Crippen molar-refractivity contribution in [2.45, 2.75) is 19.4 Å². The van der Waals surface area contributed by atoms with Crippen molar-refractivity contribution in [3.05, 3.63) is 0 Å². The van der Waals surface area contributed by atoms with Crippen LogP contribution in [0.2, 0.25) is 0 Å². The van der Waals surface area contributed by atoms with Crippen molar-refractivity contribution >= 4 is 17.7 Å². The predicted molar refractivity (Wildman–Crippen MR) is 57.0 cm³/mol. The molecule has 1 amide bonds. The lowest BCUT2D eigenvalue weighted by atomic mass is 10.2. The first-order chi connectivity index (χ1) is 6.29. The molecule has 1 aliphatic heterocycles. The first-order valence-corrected chi connectivity index (χ1v) is 6.18. The number of nitrogens with one attached hydrogen (secondary N) is 1. The molecule has 0 radical (unpaired) electrons. The smallest absolute Gasteiger partial charge is 0.232 e. The standard InChI is InChI=1S/C9H18N2OS/c1-3-11(9(12)7-13-2)8-4-5-10-6-8/h8,10H,3-7H2,1-2H3. The van der Waals surface area contributed by atoms with Crippen molar-refractivity contribution in [2.24, 2.45) is 0 Å². The van der Waals surface area contributed by atoms with Gasteiger partial charge in [-0.2, -0.15) is 11.8 Å². The van der Waals surface area contributed by atoms with E-state index in [-0.39, 0.29) is 5.91 Å². The molecular weight excluding hydrogens is 184 g/mol. The van der Waals surface area contributed by atoms with E-state index in [9.17, 15) is 4.79 Å². The van der Waals surface area contributed by atoms with Gasteiger partial charge in [0.05, 0.1) is 5.75 Å². The molecule has 3 nitrogen and oxygen atoms in total. The predicted octanol–water partition coefficient (Wildman–Crippen LogP) is 0.560. The maximum atomic E-state index is 11.6. The fourth-order valence-corrected chi connectivity index (χ4v) is 2.16. The van der Waals surface area contributed by atoms with E-state index in [0.717, 1.165) is 26.1 Å². The normalized spacial score (nSPS) is 21.8. The number of carbonyl (C=O) groups excluding carboxylic acids is 1. The maximum absolute atomic E-state index is 11.6. The first kappa shape index (κ1) is 10.9. The fraction of sp³-hybridized carbons (Fsp3) is 0.889. The molecule has 0 aromatic heterocycles. The van der Waals surface area contributed by atoms with Crippen molar-refractivity contribution in [1.29, 1.82) is 0 Å². The van der Waals surface area contributed by atoms with Crippen molar-refractivity contribution < 1.29 is 4.79 Å². The number of nitrogens with zero attached hydrogens (tertiary/aromatic N) is 1. The summed E-state index contributed by atoms with van der Waals surface area (Å²) in [6, 6.07) is 0.435. The summed E-state index contributed by atoms with van der Waals surface area (Å²) in [7, 11) is 0. The fourth-order valence-electron chi connectivity index (χ4n) is 1.75. The number of carbonyl (C=O) groups is 1. The molecule has 1 heterocycles. The quantitative estimate of drug-likeness (QED) is 0.723. The SMILES string of the molecule is CCN(C(=O)CSC)C1CCNC1. The Kier molecular flexibility index (Phi) is 4.59. The van der Waals surface area contributed by atoms with Crippen LogP contribution in [0, 0.1) is 0 Å². The number of hydrogen-bond acceptors (Lipinski definition) is 3. The van der Waals surface area contributed by atoms with E-state index >= 15 is 0 Å². The Bertz CT molecular complexity index is 169. The lowest BCUT2D eigenvalue weighted by Gasteiger charge is -2.26. The lowest BCUT2D eigenvalue weighted by Crippen LogP contribution is -2.42. The van der Waals surface area contributed by atoms with E-state index in [0.29, 0.717) is 11.8 Å². The van der Waals surface area contributed by atoms with Crippen molar-refractivity contribution in [3.63, 3.8) is 0 Å². The third kappa shape index (κ3) is 2.88. The zero-order chi connectivity index (χ0) is 9.68. The van der Waals surface area contributed by atoms with Gasteiger partial charge in [0.2, 0.25) is 5.91 Å². The lowest BCUT2D eigenvalue weighted by molar-refractivity contribution is -0.130. The molecule has 1 rings (SSSR count). The zero-order valence-electron chi connectivity index (χ0n) is 8.38. The van der Waals surface area contributed by atoms with Crippen LogP contribution < -0.4 is 5.32 Å². The maximum Gasteiger partial charge on any atom is 0.232 e. The van der Waals surface area contributed by atoms with Gasteiger partial charge in [0.15, 0.2) is 0 Å². The molecule has 0 bridgehead atoms. The number of hydrogen-bond donors (Lipinski definition) is 1. The summed E-state index contributed by atoms with van der Waals surface area (Å²) in [6.07, 6.45) is 3.08. The minimum atomic E-state index is 0.281. The highest BCUT2D eigenvalue weighted by Gasteiger charge is 2.24. The molecule has 13 heavy (non-hydrogen) atoms. The molecule has 1 saturated heterocycles. The van der Waals surface area contributed by atoms with Gasteiger partial charge in [-0.25, -0.2) is 0 Å². The second-order valence-corrected chi connectivity index (χ2v) is 4.13. The van der Waals surface area contributed by atoms with Gasteiger partial charge >= 0.3 is 0 Å². The Hall–Kier alpha value is -0.220. The van der Waals surface area contributed by atoms with Crippen LogP contribution in [0.15, 0.2) is 0 Å². The van der Waals surface area contributed by atoms with Crippen LogP contribution in [0.5, 0.6) is 0 Å². The van der Waals surface area contributed by atoms with E-state index < -0.39 is 0 Å². The summed E-state index contributed by atoms with van der Waals surface area (Å²) in [4.78, 5) is 13.6. The van der Waals surface area contributed by atoms with Gasteiger partial charge in [0.25, 0.3) is 0 Å². The number of thioether (sulfide) groups is 1. The molecule has 1 fully saturated rings. The van der Waals surface area contributed by atoms with Crippen LogP contribution >= 0.6 is 11.8 Å². The van der Waals surface area contributed by atoms with E-state index in [1.54, 1.807) is 11.8 Å². The highest BCUT2D eigenvalue weighted by atomic mass is 32.2. The summed E-state index contributed by atoms with van der Waals surface area (Å²) < 4.78 is 0. The summed E-state index contributed by atoms with van der Waals surface area (Å²) in [5.74, 6) is 0.897. The summed E-state index contributed by atoms with van der Waals surface area (Å²) in [5.41, 5.74) is 0. The number of likely N-dealkylation sites (N-methyl/N-ethyl adjacent to an activating group) is 1. The molecule has 0 saturated carbocycles. The molecule has 76 valence electrons. The van der Waals surface area contributed by atoms with E-state index in [1.165, 1.54) is 0 Å². The second-order valence-electron chi connectivity index (χ2n) is 3.26. The topological polar surface area (TPSA) is 32.3 Å². The Balaban J connectivity index is 2.44. The third-order valence-electron chi connectivity index (χ3n) is 2.40. The van der Waals surface area contributed by atoms with Crippen LogP contribution in [0.1, 0.15) is 13.3 Å². The summed E-state index contributed by atoms with van der Waals surface area (Å²) >= 11 is 1.60. The second kappa shape index (κ2) is 5.50. The first-order valence-electron chi connectivity index (χ1n) is 4.78. The van der Waals surface area contributed by atoms with Gasteiger partial charge in [-0.1, -0.05) is 0 Å². The molecular formula is C9H18N2OS. The van der Waals surface area contributed by atoms with Gasteiger partial charge in [-0.3, -0.25) is 4.79 Å². The van der Waals surface area contributed by atoms with Gasteiger partial charge in [-0.15, -0.1) is 0 Å². The zero-order valence-corrected chi connectivity index (χ0v) is 9.19. The molecule has 1 atom stereocenters. The highest BCUT2D eigenvalue weighted by Crippen LogP contribution is 2.10. The van der Waals surface area contributed by atoms with Gasteiger partial charge < -0.3 is 10.2 Å². The molecule has 4 heteroatoms. The van der Waals surface area contributed by atoms with Crippen LogP contribution in [-0.4, -0.2) is 48.5 Å². The molecule has 0 aromatic rings.